The number of H-pyrrole nitrogens is 1. The number of rotatable bonds is 1. The Kier molecular flexibility index (Phi) is 2.88. The van der Waals surface area contributed by atoms with Crippen molar-refractivity contribution in [3.05, 3.63) is 32.2 Å². The fraction of sp³-hybridized carbons (Fsp3) is 0. The number of nitrogens with one attached hydrogen (secondary N) is 1. The van der Waals surface area contributed by atoms with E-state index in [-0.39, 0.29) is 0 Å². The van der Waals surface area contributed by atoms with E-state index in [2.05, 4.69) is 10.2 Å². The highest BCUT2D eigenvalue weighted by Crippen LogP contribution is 2.31. The summed E-state index contributed by atoms with van der Waals surface area (Å²) < 4.78 is 0.621. The molecule has 2 nitrogen and oxygen atoms in total. The number of benzene rings is 1. The van der Waals surface area contributed by atoms with E-state index in [0.29, 0.717) is 14.0 Å². The summed E-state index contributed by atoms with van der Waals surface area (Å²) in [6.45, 7) is 0. The summed E-state index contributed by atoms with van der Waals surface area (Å²) in [6.07, 6.45) is 0. The number of aromatic nitrogens is 2. The zero-order valence-electron chi connectivity index (χ0n) is 6.75. The highest BCUT2D eigenvalue weighted by molar-refractivity contribution is 7.73. The molecule has 0 aliphatic heterocycles. The predicted octanol–water partition coefficient (Wildman–Crippen LogP) is 4.17. The van der Waals surface area contributed by atoms with Crippen LogP contribution < -0.4 is 0 Å². The Morgan fingerprint density at radius 3 is 2.79 bits per heavy atom. The van der Waals surface area contributed by atoms with Gasteiger partial charge >= 0.3 is 0 Å². The molecule has 72 valence electrons. The fourth-order valence-electron chi connectivity index (χ4n) is 1.01. The molecule has 0 spiro atoms. The highest BCUT2D eigenvalue weighted by Gasteiger charge is 2.07. The number of halogens is 2. The molecule has 1 aromatic carbocycles. The molecule has 1 N–H and O–H groups in total. The minimum Gasteiger partial charge on any atom is -0.258 e. The minimum atomic E-state index is 0.618. The van der Waals surface area contributed by atoms with Crippen molar-refractivity contribution in [1.82, 2.24) is 10.2 Å². The highest BCUT2D eigenvalue weighted by atomic mass is 35.5. The summed E-state index contributed by atoms with van der Waals surface area (Å²) in [5, 5.41) is 8.73. The van der Waals surface area contributed by atoms with Crippen molar-refractivity contribution in [3.8, 4) is 10.6 Å². The molecular formula is C8H4Cl2N2S2. The van der Waals surface area contributed by atoms with E-state index in [9.17, 15) is 0 Å². The van der Waals surface area contributed by atoms with E-state index in [1.165, 1.54) is 11.3 Å². The lowest BCUT2D eigenvalue weighted by atomic mass is 10.2. The number of hydrogen-bond acceptors (Lipinski definition) is 3. The van der Waals surface area contributed by atoms with E-state index >= 15 is 0 Å². The first-order valence-corrected chi connectivity index (χ1v) is 5.66. The van der Waals surface area contributed by atoms with Crippen molar-refractivity contribution in [2.45, 2.75) is 0 Å². The van der Waals surface area contributed by atoms with Crippen LogP contribution in [0, 0.1) is 3.95 Å². The Labute approximate surface area is 99.5 Å². The third-order valence-corrected chi connectivity index (χ3v) is 3.28. The summed E-state index contributed by atoms with van der Waals surface area (Å²) in [6, 6.07) is 5.24. The molecule has 0 radical (unpaired) electrons. The van der Waals surface area contributed by atoms with Crippen LogP contribution in [0.4, 0.5) is 0 Å². The van der Waals surface area contributed by atoms with Crippen LogP contribution in [-0.4, -0.2) is 10.2 Å². The molecule has 0 fully saturated rings. The van der Waals surface area contributed by atoms with Gasteiger partial charge in [-0.2, -0.15) is 5.10 Å². The lowest BCUT2D eigenvalue weighted by Gasteiger charge is -1.99. The maximum absolute atomic E-state index is 6.00. The number of aromatic amines is 1. The smallest absolute Gasteiger partial charge is 0.176 e. The molecule has 1 aromatic heterocycles. The molecule has 6 heteroatoms. The zero-order valence-corrected chi connectivity index (χ0v) is 9.90. The predicted molar refractivity (Wildman–Crippen MR) is 62.8 cm³/mol. The van der Waals surface area contributed by atoms with E-state index in [1.807, 2.05) is 0 Å². The molecule has 0 bridgehead atoms. The summed E-state index contributed by atoms with van der Waals surface area (Å²) in [5.41, 5.74) is 0.802. The van der Waals surface area contributed by atoms with Gasteiger partial charge < -0.3 is 0 Å². The van der Waals surface area contributed by atoms with Gasteiger partial charge in [0, 0.05) is 10.6 Å². The van der Waals surface area contributed by atoms with Gasteiger partial charge in [-0.3, -0.25) is 5.10 Å². The number of hydrogen-bond donors (Lipinski definition) is 1. The van der Waals surface area contributed by atoms with Crippen LogP contribution in [0.1, 0.15) is 0 Å². The monoisotopic (exact) mass is 262 g/mol. The van der Waals surface area contributed by atoms with Crippen LogP contribution in [0.15, 0.2) is 18.2 Å². The van der Waals surface area contributed by atoms with Crippen LogP contribution in [0.2, 0.25) is 10.0 Å². The van der Waals surface area contributed by atoms with Crippen LogP contribution in [-0.2, 0) is 0 Å². The quantitative estimate of drug-likeness (QED) is 0.782. The molecule has 0 unspecified atom stereocenters. The molecular weight excluding hydrogens is 259 g/mol. The molecule has 14 heavy (non-hydrogen) atoms. The SMILES string of the molecule is S=c1[nH]nc(-c2cc(Cl)ccc2Cl)s1. The van der Waals surface area contributed by atoms with E-state index < -0.39 is 0 Å². The topological polar surface area (TPSA) is 28.7 Å². The Morgan fingerprint density at radius 2 is 2.14 bits per heavy atom. The van der Waals surface area contributed by atoms with Crippen molar-refractivity contribution in [2.24, 2.45) is 0 Å². The largest absolute Gasteiger partial charge is 0.258 e. The summed E-state index contributed by atoms with van der Waals surface area (Å²) >= 11 is 18.2. The van der Waals surface area contributed by atoms with Crippen LogP contribution >= 0.6 is 46.8 Å². The molecule has 1 heterocycles. The summed E-state index contributed by atoms with van der Waals surface area (Å²) in [5.74, 6) is 0. The molecule has 0 aliphatic rings. The first-order chi connectivity index (χ1) is 6.66. The van der Waals surface area contributed by atoms with Crippen molar-refractivity contribution in [1.29, 1.82) is 0 Å². The number of nitrogens with zero attached hydrogens (tertiary/aromatic N) is 1. The van der Waals surface area contributed by atoms with Crippen molar-refractivity contribution < 1.29 is 0 Å². The average Bonchev–Trinajstić information content (AvgIpc) is 2.56. The molecule has 2 aromatic rings. The van der Waals surface area contributed by atoms with E-state index in [4.69, 9.17) is 35.4 Å². The third kappa shape index (κ3) is 1.98. The zero-order chi connectivity index (χ0) is 10.1. The Hall–Kier alpha value is -0.420. The Morgan fingerprint density at radius 1 is 1.36 bits per heavy atom. The van der Waals surface area contributed by atoms with Gasteiger partial charge in [0.1, 0.15) is 5.01 Å². The van der Waals surface area contributed by atoms with Gasteiger partial charge in [-0.05, 0) is 30.4 Å². The van der Waals surface area contributed by atoms with Gasteiger partial charge in [0.05, 0.1) is 5.02 Å². The van der Waals surface area contributed by atoms with Crippen molar-refractivity contribution in [3.63, 3.8) is 0 Å². The molecule has 2 rings (SSSR count). The molecule has 0 amide bonds. The van der Waals surface area contributed by atoms with Gasteiger partial charge in [-0.25, -0.2) is 0 Å². The maximum atomic E-state index is 6.00. The molecule has 0 saturated carbocycles. The summed E-state index contributed by atoms with van der Waals surface area (Å²) in [4.78, 5) is 0. The van der Waals surface area contributed by atoms with Gasteiger partial charge in [0.2, 0.25) is 0 Å². The van der Waals surface area contributed by atoms with Gasteiger partial charge in [-0.15, -0.1) is 0 Å². The summed E-state index contributed by atoms with van der Waals surface area (Å²) in [7, 11) is 0. The van der Waals surface area contributed by atoms with Crippen molar-refractivity contribution >= 4 is 46.8 Å². The average molecular weight is 263 g/mol. The Balaban J connectivity index is 2.61. The maximum Gasteiger partial charge on any atom is 0.176 e. The van der Waals surface area contributed by atoms with Crippen LogP contribution in [0.3, 0.4) is 0 Å². The first kappa shape index (κ1) is 10.1. The van der Waals surface area contributed by atoms with Crippen LogP contribution in [0.5, 0.6) is 0 Å². The second-order valence-electron chi connectivity index (χ2n) is 2.54. The second-order valence-corrected chi connectivity index (χ2v) is 5.05. The standard InChI is InChI=1S/C8H4Cl2N2S2/c9-4-1-2-6(10)5(3-4)7-11-12-8(13)14-7/h1-3H,(H,12,13). The minimum absolute atomic E-state index is 0.618. The van der Waals surface area contributed by atoms with Gasteiger partial charge in [0.15, 0.2) is 3.95 Å². The lowest BCUT2D eigenvalue weighted by molar-refractivity contribution is 1.08. The van der Waals surface area contributed by atoms with Crippen LogP contribution in [0.25, 0.3) is 10.6 Å². The van der Waals surface area contributed by atoms with Gasteiger partial charge in [0.25, 0.3) is 0 Å². The second kappa shape index (κ2) is 3.98. The third-order valence-electron chi connectivity index (χ3n) is 1.60. The fourth-order valence-corrected chi connectivity index (χ4v) is 2.36. The van der Waals surface area contributed by atoms with E-state index in [1.54, 1.807) is 18.2 Å². The molecule has 0 atom stereocenters. The molecule has 0 aliphatic carbocycles. The normalized spacial score (nSPS) is 10.4. The van der Waals surface area contributed by atoms with E-state index in [0.717, 1.165) is 10.6 Å². The lowest BCUT2D eigenvalue weighted by Crippen LogP contribution is -1.78. The Bertz CT molecular complexity index is 518. The first-order valence-electron chi connectivity index (χ1n) is 3.68. The molecule has 0 saturated heterocycles. The van der Waals surface area contributed by atoms with Gasteiger partial charge in [-0.1, -0.05) is 34.5 Å². The van der Waals surface area contributed by atoms with Crippen molar-refractivity contribution in [2.75, 3.05) is 0 Å².